The van der Waals surface area contributed by atoms with Crippen molar-refractivity contribution in [2.45, 2.75) is 62.9 Å². The van der Waals surface area contributed by atoms with E-state index in [2.05, 4.69) is 37.2 Å². The summed E-state index contributed by atoms with van der Waals surface area (Å²) in [6.07, 6.45) is -5.64. The molecule has 10 nitrogen and oxygen atoms in total. The number of hydrogen-bond acceptors (Lipinski definition) is 6. The average Bonchev–Trinajstić information content (AvgIpc) is 3.70. The van der Waals surface area contributed by atoms with Gasteiger partial charge in [0.25, 0.3) is 11.5 Å². The number of carbonyl (C=O) groups excluding carboxylic acids is 1. The standard InChI is InChI=1S/C36H27F7N6O4/c1-34(2,53)9-8-19-6-7-21(20-4-3-5-22-28(20)46-33(52)47-32(22)51)29(44-19)25(12-16-10-17(37)13-18(38)11-16)45-26(50)15-49-31-27(30(48-49)36(41,42)43)23-14-24(23)35(31,39)40/h3-7,10-11,13,23-25,53H,12,14-15H2,1-2H3,(H,45,50)(H2,46,47,51,52). The molecule has 4 N–H and O–H groups in total. The van der Waals surface area contributed by atoms with E-state index in [1.807, 2.05) is 0 Å². The van der Waals surface area contributed by atoms with Crippen LogP contribution in [0, 0.1) is 29.4 Å². The molecule has 2 aromatic carbocycles. The molecule has 3 aromatic heterocycles. The van der Waals surface area contributed by atoms with Crippen LogP contribution in [0.15, 0.2) is 58.1 Å². The fourth-order valence-electron chi connectivity index (χ4n) is 6.82. The molecule has 274 valence electrons. The molecule has 2 aliphatic rings. The molecule has 3 heterocycles. The van der Waals surface area contributed by atoms with Gasteiger partial charge in [-0.25, -0.2) is 18.6 Å². The predicted octanol–water partition coefficient (Wildman–Crippen LogP) is 5.20. The van der Waals surface area contributed by atoms with Gasteiger partial charge in [0.05, 0.1) is 22.6 Å². The molecule has 0 spiro atoms. The Kier molecular flexibility index (Phi) is 8.36. The lowest BCUT2D eigenvalue weighted by molar-refractivity contribution is -0.142. The summed E-state index contributed by atoms with van der Waals surface area (Å²) in [5.74, 6) is -3.85. The maximum Gasteiger partial charge on any atom is 0.435 e. The van der Waals surface area contributed by atoms with Crippen LogP contribution >= 0.6 is 0 Å². The number of carbonyl (C=O) groups is 1. The monoisotopic (exact) mass is 740 g/mol. The van der Waals surface area contributed by atoms with Crippen molar-refractivity contribution in [1.29, 1.82) is 0 Å². The minimum atomic E-state index is -5.08. The lowest BCUT2D eigenvalue weighted by atomic mass is 9.93. The molecule has 7 rings (SSSR count). The van der Waals surface area contributed by atoms with Crippen molar-refractivity contribution in [1.82, 2.24) is 30.0 Å². The number of fused-ring (bicyclic) bond motifs is 4. The maximum atomic E-state index is 15.3. The summed E-state index contributed by atoms with van der Waals surface area (Å²) in [5.41, 5.74) is -5.83. The molecule has 53 heavy (non-hydrogen) atoms. The molecule has 1 amide bonds. The van der Waals surface area contributed by atoms with Gasteiger partial charge in [0.2, 0.25) is 5.91 Å². The number of nitrogens with zero attached hydrogens (tertiary/aromatic N) is 3. The number of hydrogen-bond donors (Lipinski definition) is 4. The quantitative estimate of drug-likeness (QED) is 0.133. The Morgan fingerprint density at radius 3 is 2.47 bits per heavy atom. The first-order valence-corrected chi connectivity index (χ1v) is 16.1. The summed E-state index contributed by atoms with van der Waals surface area (Å²) in [7, 11) is 0. The summed E-state index contributed by atoms with van der Waals surface area (Å²) in [4.78, 5) is 48.0. The van der Waals surface area contributed by atoms with E-state index in [0.29, 0.717) is 10.7 Å². The number of pyridine rings is 1. The lowest BCUT2D eigenvalue weighted by Crippen LogP contribution is -2.35. The van der Waals surface area contributed by atoms with Gasteiger partial charge in [0, 0.05) is 28.7 Å². The number of amides is 1. The molecule has 17 heteroatoms. The van der Waals surface area contributed by atoms with Crippen LogP contribution in [-0.4, -0.2) is 41.3 Å². The van der Waals surface area contributed by atoms with E-state index in [1.165, 1.54) is 44.2 Å². The molecule has 3 unspecified atom stereocenters. The molecular weight excluding hydrogens is 713 g/mol. The fraction of sp³-hybridized carbons (Fsp3) is 0.306. The van der Waals surface area contributed by atoms with Crippen LogP contribution in [0.2, 0.25) is 0 Å². The first kappa shape index (κ1) is 35.6. The Morgan fingerprint density at radius 2 is 1.79 bits per heavy atom. The second-order valence-corrected chi connectivity index (χ2v) is 13.5. The zero-order chi connectivity index (χ0) is 38.2. The Bertz CT molecular complexity index is 2480. The van der Waals surface area contributed by atoms with E-state index < -0.39 is 94.3 Å². The maximum absolute atomic E-state index is 15.3. The fourth-order valence-corrected chi connectivity index (χ4v) is 6.82. The Hall–Kier alpha value is -5.76. The SMILES string of the molecule is CC(C)(O)C#Cc1ccc(-c2cccc3c(=O)[nH]c(=O)[nH]c23)c(C(Cc2cc(F)cc(F)c2)NC(=O)Cn2nc(C(F)(F)F)c3c2C(F)(F)C2CC32)n1. The van der Waals surface area contributed by atoms with E-state index in [-0.39, 0.29) is 45.4 Å². The molecule has 2 aliphatic carbocycles. The molecule has 1 saturated carbocycles. The van der Waals surface area contributed by atoms with Gasteiger partial charge < -0.3 is 15.4 Å². The normalized spacial score (nSPS) is 17.8. The summed E-state index contributed by atoms with van der Waals surface area (Å²) >= 11 is 0. The van der Waals surface area contributed by atoms with E-state index in [4.69, 9.17) is 0 Å². The molecular formula is C36H27F7N6O4. The number of aromatic nitrogens is 5. The van der Waals surface area contributed by atoms with Crippen LogP contribution in [0.4, 0.5) is 30.7 Å². The van der Waals surface area contributed by atoms with Crippen LogP contribution in [0.1, 0.15) is 66.1 Å². The number of alkyl halides is 5. The number of nitrogens with one attached hydrogen (secondary N) is 3. The molecule has 0 bridgehead atoms. The summed E-state index contributed by atoms with van der Waals surface area (Å²) in [6.45, 7) is 1.72. The van der Waals surface area contributed by atoms with Crippen molar-refractivity contribution in [3.8, 4) is 23.0 Å². The minimum Gasteiger partial charge on any atom is -0.378 e. The van der Waals surface area contributed by atoms with Gasteiger partial charge in [-0.15, -0.1) is 0 Å². The smallest absolute Gasteiger partial charge is 0.378 e. The number of aromatic amines is 2. The predicted molar refractivity (Wildman–Crippen MR) is 175 cm³/mol. The largest absolute Gasteiger partial charge is 0.435 e. The number of halogens is 7. The Labute approximate surface area is 294 Å². The van der Waals surface area contributed by atoms with Crippen LogP contribution in [0.5, 0.6) is 0 Å². The molecule has 5 aromatic rings. The molecule has 0 radical (unpaired) electrons. The number of rotatable bonds is 7. The van der Waals surface area contributed by atoms with E-state index in [1.54, 1.807) is 0 Å². The van der Waals surface area contributed by atoms with Gasteiger partial charge >= 0.3 is 11.9 Å². The minimum absolute atomic E-state index is 0.0118. The van der Waals surface area contributed by atoms with Gasteiger partial charge in [-0.05, 0) is 74.4 Å². The zero-order valence-corrected chi connectivity index (χ0v) is 27.6. The third-order valence-electron chi connectivity index (χ3n) is 9.01. The first-order chi connectivity index (χ1) is 24.8. The Morgan fingerprint density at radius 1 is 1.08 bits per heavy atom. The van der Waals surface area contributed by atoms with Crippen molar-refractivity contribution in [2.24, 2.45) is 5.92 Å². The second-order valence-electron chi connectivity index (χ2n) is 13.5. The van der Waals surface area contributed by atoms with Crippen molar-refractivity contribution in [3.05, 3.63) is 115 Å². The molecule has 1 fully saturated rings. The van der Waals surface area contributed by atoms with Gasteiger partial charge in [0.1, 0.15) is 35.2 Å². The topological polar surface area (TPSA) is 146 Å². The zero-order valence-electron chi connectivity index (χ0n) is 27.6. The highest BCUT2D eigenvalue weighted by molar-refractivity contribution is 5.93. The number of aliphatic hydroxyl groups is 1. The van der Waals surface area contributed by atoms with Gasteiger partial charge in [-0.2, -0.15) is 27.1 Å². The number of benzene rings is 2. The summed E-state index contributed by atoms with van der Waals surface area (Å²) in [5, 5.41) is 16.2. The van der Waals surface area contributed by atoms with Crippen LogP contribution < -0.4 is 16.6 Å². The van der Waals surface area contributed by atoms with E-state index >= 15 is 8.78 Å². The van der Waals surface area contributed by atoms with Gasteiger partial charge in [-0.3, -0.25) is 19.3 Å². The second kappa shape index (κ2) is 12.4. The lowest BCUT2D eigenvalue weighted by Gasteiger charge is -2.23. The molecule has 0 aliphatic heterocycles. The molecule has 3 atom stereocenters. The highest BCUT2D eigenvalue weighted by Crippen LogP contribution is 2.68. The number of H-pyrrole nitrogens is 2. The van der Waals surface area contributed by atoms with Crippen LogP contribution in [0.25, 0.3) is 22.0 Å². The average molecular weight is 741 g/mol. The summed E-state index contributed by atoms with van der Waals surface area (Å²) < 4.78 is 102. The van der Waals surface area contributed by atoms with Crippen LogP contribution in [0.3, 0.4) is 0 Å². The van der Waals surface area contributed by atoms with Gasteiger partial charge in [0.15, 0.2) is 5.69 Å². The van der Waals surface area contributed by atoms with Crippen molar-refractivity contribution in [3.63, 3.8) is 0 Å². The van der Waals surface area contributed by atoms with Crippen molar-refractivity contribution in [2.75, 3.05) is 0 Å². The molecule has 0 saturated heterocycles. The summed E-state index contributed by atoms with van der Waals surface area (Å²) in [6, 6.07) is 8.49. The van der Waals surface area contributed by atoms with Gasteiger partial charge in [-0.1, -0.05) is 18.1 Å². The number of para-hydroxylation sites is 1. The van der Waals surface area contributed by atoms with Crippen molar-refractivity contribution >= 4 is 16.8 Å². The highest BCUT2D eigenvalue weighted by Gasteiger charge is 2.68. The third-order valence-corrected chi connectivity index (χ3v) is 9.01. The van der Waals surface area contributed by atoms with Crippen LogP contribution in [-0.2, 0) is 29.9 Å². The van der Waals surface area contributed by atoms with E-state index in [0.717, 1.165) is 12.1 Å². The first-order valence-electron chi connectivity index (χ1n) is 16.1. The van der Waals surface area contributed by atoms with Crippen molar-refractivity contribution < 1.29 is 40.6 Å². The third kappa shape index (κ3) is 6.81. The highest BCUT2D eigenvalue weighted by atomic mass is 19.4. The Balaban J connectivity index is 1.37. The van der Waals surface area contributed by atoms with E-state index in [9.17, 15) is 41.4 Å².